The molecule has 4 aliphatic rings. The number of carbonyl (C=O) groups excluding carboxylic acids is 3. The highest BCUT2D eigenvalue weighted by Crippen LogP contribution is 2.60. The predicted octanol–water partition coefficient (Wildman–Crippen LogP) is 2.17. The van der Waals surface area contributed by atoms with Gasteiger partial charge in [-0.05, 0) is 84.0 Å². The minimum absolute atomic E-state index is 0.000179. The molecule has 0 unspecified atom stereocenters. The van der Waals surface area contributed by atoms with Crippen LogP contribution in [0.3, 0.4) is 0 Å². The minimum atomic E-state index is -0.738. The predicted molar refractivity (Wildman–Crippen MR) is 97.1 cm³/mol. The van der Waals surface area contributed by atoms with E-state index in [1.54, 1.807) is 6.92 Å². The number of rotatable bonds is 5. The van der Waals surface area contributed by atoms with Gasteiger partial charge in [-0.1, -0.05) is 0 Å². The van der Waals surface area contributed by atoms with Gasteiger partial charge in [-0.25, -0.2) is 4.79 Å². The first kappa shape index (κ1) is 19.2. The summed E-state index contributed by atoms with van der Waals surface area (Å²) in [5.41, 5.74) is -0.658. The van der Waals surface area contributed by atoms with E-state index in [0.29, 0.717) is 17.8 Å². The molecule has 146 valence electrons. The Bertz CT molecular complexity index is 558. The van der Waals surface area contributed by atoms with E-state index < -0.39 is 12.0 Å². The Morgan fingerprint density at radius 2 is 1.54 bits per heavy atom. The Morgan fingerprint density at radius 1 is 1.04 bits per heavy atom. The molecular formula is C20H32N2O4. The molecule has 0 aliphatic heterocycles. The summed E-state index contributed by atoms with van der Waals surface area (Å²) in [6.07, 6.45) is 6.69. The zero-order valence-electron chi connectivity index (χ0n) is 16.4. The van der Waals surface area contributed by atoms with E-state index in [9.17, 15) is 14.4 Å². The van der Waals surface area contributed by atoms with Crippen LogP contribution in [0.4, 0.5) is 0 Å². The SMILES string of the molecule is C[C@H](NC(=O)C12CC3CC(CC(C3)C1)C2)C(=O)OCC(=O)NC(C)(C)C. The van der Waals surface area contributed by atoms with E-state index >= 15 is 0 Å². The summed E-state index contributed by atoms with van der Waals surface area (Å²) < 4.78 is 5.07. The molecule has 26 heavy (non-hydrogen) atoms. The molecule has 4 bridgehead atoms. The molecule has 0 aromatic heterocycles. The first-order chi connectivity index (χ1) is 12.1. The van der Waals surface area contributed by atoms with E-state index in [1.807, 2.05) is 20.8 Å². The summed E-state index contributed by atoms with van der Waals surface area (Å²) in [5, 5.41) is 5.60. The Balaban J connectivity index is 1.50. The second-order valence-corrected chi connectivity index (χ2v) is 9.80. The minimum Gasteiger partial charge on any atom is -0.454 e. The molecule has 0 radical (unpaired) electrons. The topological polar surface area (TPSA) is 84.5 Å². The molecule has 0 spiro atoms. The lowest BCUT2D eigenvalue weighted by Crippen LogP contribution is -2.56. The van der Waals surface area contributed by atoms with E-state index in [2.05, 4.69) is 10.6 Å². The van der Waals surface area contributed by atoms with Crippen LogP contribution >= 0.6 is 0 Å². The number of amides is 2. The van der Waals surface area contributed by atoms with Gasteiger partial charge in [0.25, 0.3) is 5.91 Å². The molecule has 4 saturated carbocycles. The van der Waals surface area contributed by atoms with Gasteiger partial charge in [0, 0.05) is 11.0 Å². The summed E-state index contributed by atoms with van der Waals surface area (Å²) in [4.78, 5) is 36.9. The lowest BCUT2D eigenvalue weighted by atomic mass is 9.49. The fraction of sp³-hybridized carbons (Fsp3) is 0.850. The van der Waals surface area contributed by atoms with Gasteiger partial charge in [0.15, 0.2) is 6.61 Å². The van der Waals surface area contributed by atoms with Crippen molar-refractivity contribution in [2.75, 3.05) is 6.61 Å². The van der Waals surface area contributed by atoms with Crippen LogP contribution < -0.4 is 10.6 Å². The Morgan fingerprint density at radius 3 is 2.00 bits per heavy atom. The maximum absolute atomic E-state index is 12.9. The van der Waals surface area contributed by atoms with Gasteiger partial charge in [-0.2, -0.15) is 0 Å². The molecule has 4 aliphatic carbocycles. The van der Waals surface area contributed by atoms with Crippen LogP contribution in [-0.4, -0.2) is 36.0 Å². The number of hydrogen-bond acceptors (Lipinski definition) is 4. The van der Waals surface area contributed by atoms with Crippen molar-refractivity contribution in [1.82, 2.24) is 10.6 Å². The number of ether oxygens (including phenoxy) is 1. The van der Waals surface area contributed by atoms with Gasteiger partial charge in [-0.15, -0.1) is 0 Å². The van der Waals surface area contributed by atoms with E-state index in [1.165, 1.54) is 19.3 Å². The van der Waals surface area contributed by atoms with Gasteiger partial charge < -0.3 is 15.4 Å². The van der Waals surface area contributed by atoms with E-state index in [0.717, 1.165) is 19.3 Å². The average Bonchev–Trinajstić information content (AvgIpc) is 2.49. The standard InChI is InChI=1S/C20H32N2O4/c1-12(17(24)26-11-16(23)22-19(2,3)4)21-18(25)20-8-13-5-14(9-20)7-15(6-13)10-20/h12-15H,5-11H2,1-4H3,(H,21,25)(H,22,23)/t12-,13?,14?,15?,20?/m0/s1. The average molecular weight is 364 g/mol. The normalized spacial score (nSPS) is 33.5. The number of hydrogen-bond donors (Lipinski definition) is 2. The quantitative estimate of drug-likeness (QED) is 0.732. The summed E-state index contributed by atoms with van der Waals surface area (Å²) in [6, 6.07) is -0.738. The Kier molecular flexibility index (Phi) is 5.06. The smallest absolute Gasteiger partial charge is 0.328 e. The van der Waals surface area contributed by atoms with Gasteiger partial charge in [0.1, 0.15) is 6.04 Å². The van der Waals surface area contributed by atoms with Crippen LogP contribution in [0.15, 0.2) is 0 Å². The van der Waals surface area contributed by atoms with Crippen LogP contribution in [-0.2, 0) is 19.1 Å². The number of esters is 1. The second-order valence-electron chi connectivity index (χ2n) is 9.80. The van der Waals surface area contributed by atoms with Crippen molar-refractivity contribution in [2.24, 2.45) is 23.2 Å². The van der Waals surface area contributed by atoms with Crippen LogP contribution in [0, 0.1) is 23.2 Å². The molecule has 6 nitrogen and oxygen atoms in total. The van der Waals surface area contributed by atoms with Crippen LogP contribution in [0.2, 0.25) is 0 Å². The molecule has 4 rings (SSSR count). The van der Waals surface area contributed by atoms with Crippen molar-refractivity contribution in [1.29, 1.82) is 0 Å². The number of carbonyl (C=O) groups is 3. The summed E-state index contributed by atoms with van der Waals surface area (Å²) >= 11 is 0. The van der Waals surface area contributed by atoms with Crippen molar-refractivity contribution < 1.29 is 19.1 Å². The number of nitrogens with one attached hydrogen (secondary N) is 2. The summed E-state index contributed by atoms with van der Waals surface area (Å²) in [6.45, 7) is 6.89. The molecule has 4 fully saturated rings. The third kappa shape index (κ3) is 4.21. The highest BCUT2D eigenvalue weighted by atomic mass is 16.5. The first-order valence-corrected chi connectivity index (χ1v) is 9.85. The van der Waals surface area contributed by atoms with Gasteiger partial charge >= 0.3 is 5.97 Å². The van der Waals surface area contributed by atoms with Crippen molar-refractivity contribution in [3.8, 4) is 0 Å². The fourth-order valence-electron chi connectivity index (χ4n) is 5.51. The van der Waals surface area contributed by atoms with Crippen molar-refractivity contribution in [3.63, 3.8) is 0 Å². The zero-order valence-corrected chi connectivity index (χ0v) is 16.4. The molecule has 2 N–H and O–H groups in total. The van der Waals surface area contributed by atoms with Crippen molar-refractivity contribution in [2.45, 2.75) is 77.8 Å². The van der Waals surface area contributed by atoms with Crippen molar-refractivity contribution in [3.05, 3.63) is 0 Å². The van der Waals surface area contributed by atoms with Crippen LogP contribution in [0.25, 0.3) is 0 Å². The summed E-state index contributed by atoms with van der Waals surface area (Å²) in [5.74, 6) is 1.12. The molecule has 0 heterocycles. The lowest BCUT2D eigenvalue weighted by Gasteiger charge is -2.55. The highest BCUT2D eigenvalue weighted by molar-refractivity contribution is 5.89. The maximum atomic E-state index is 12.9. The first-order valence-electron chi connectivity index (χ1n) is 9.85. The Labute approximate surface area is 155 Å². The summed E-state index contributed by atoms with van der Waals surface area (Å²) in [7, 11) is 0. The third-order valence-corrected chi connectivity index (χ3v) is 6.08. The highest BCUT2D eigenvalue weighted by Gasteiger charge is 2.54. The second kappa shape index (κ2) is 6.86. The lowest BCUT2D eigenvalue weighted by molar-refractivity contribution is -0.155. The largest absolute Gasteiger partial charge is 0.454 e. The molecule has 0 saturated heterocycles. The van der Waals surface area contributed by atoms with Crippen LogP contribution in [0.5, 0.6) is 0 Å². The fourth-order valence-corrected chi connectivity index (χ4v) is 5.51. The van der Waals surface area contributed by atoms with Crippen molar-refractivity contribution >= 4 is 17.8 Å². The third-order valence-electron chi connectivity index (χ3n) is 6.08. The zero-order chi connectivity index (χ0) is 19.1. The van der Waals surface area contributed by atoms with Gasteiger partial charge in [0.2, 0.25) is 5.91 Å². The molecular weight excluding hydrogens is 332 g/mol. The molecule has 2 amide bonds. The Hall–Kier alpha value is -1.59. The molecule has 0 aromatic rings. The van der Waals surface area contributed by atoms with Crippen LogP contribution in [0.1, 0.15) is 66.2 Å². The molecule has 6 heteroatoms. The molecule has 0 aromatic carbocycles. The van der Waals surface area contributed by atoms with Gasteiger partial charge in [-0.3, -0.25) is 9.59 Å². The maximum Gasteiger partial charge on any atom is 0.328 e. The van der Waals surface area contributed by atoms with E-state index in [-0.39, 0.29) is 29.4 Å². The van der Waals surface area contributed by atoms with Gasteiger partial charge in [0.05, 0.1) is 0 Å². The monoisotopic (exact) mass is 364 g/mol. The molecule has 1 atom stereocenters. The van der Waals surface area contributed by atoms with E-state index in [4.69, 9.17) is 4.74 Å².